The van der Waals surface area contributed by atoms with Gasteiger partial charge in [-0.25, -0.2) is 9.97 Å². The van der Waals surface area contributed by atoms with Crippen molar-refractivity contribution in [2.24, 2.45) is 0 Å². The van der Waals surface area contributed by atoms with Crippen LogP contribution in [0.25, 0.3) is 20.7 Å². The molecule has 0 atom stereocenters. The van der Waals surface area contributed by atoms with Crippen LogP contribution in [0.1, 0.15) is 5.56 Å². The number of rotatable bonds is 4. The molecule has 4 rings (SSSR count). The van der Waals surface area contributed by atoms with Gasteiger partial charge in [-0.2, -0.15) is 0 Å². The third-order valence-electron chi connectivity index (χ3n) is 3.64. The molecule has 118 valence electrons. The van der Waals surface area contributed by atoms with Crippen LogP contribution in [0.3, 0.4) is 0 Å². The second-order valence-corrected chi connectivity index (χ2v) is 8.20. The zero-order chi connectivity index (χ0) is 16.4. The highest BCUT2D eigenvalue weighted by Gasteiger charge is 2.10. The van der Waals surface area contributed by atoms with E-state index in [2.05, 4.69) is 80.5 Å². The first kappa shape index (κ1) is 15.8. The minimum Gasteiger partial charge on any atom is -0.229 e. The SMILES string of the molecule is Brc1ccc(CSc2ncnc3sc(-c4ccccc4)cc23)cc1. The predicted molar refractivity (Wildman–Crippen MR) is 107 cm³/mol. The van der Waals surface area contributed by atoms with Crippen LogP contribution >= 0.6 is 39.0 Å². The first-order valence-corrected chi connectivity index (χ1v) is 10.1. The van der Waals surface area contributed by atoms with Gasteiger partial charge in [0.1, 0.15) is 16.2 Å². The topological polar surface area (TPSA) is 25.8 Å². The Morgan fingerprint density at radius 1 is 0.958 bits per heavy atom. The molecule has 0 spiro atoms. The molecule has 0 aliphatic heterocycles. The van der Waals surface area contributed by atoms with Crippen molar-refractivity contribution in [1.29, 1.82) is 0 Å². The van der Waals surface area contributed by atoms with Gasteiger partial charge in [-0.05, 0) is 29.3 Å². The number of halogens is 1. The lowest BCUT2D eigenvalue weighted by Gasteiger charge is -2.02. The van der Waals surface area contributed by atoms with Gasteiger partial charge in [-0.15, -0.1) is 23.1 Å². The summed E-state index contributed by atoms with van der Waals surface area (Å²) in [5.41, 5.74) is 2.51. The molecule has 2 aromatic heterocycles. The first-order chi connectivity index (χ1) is 11.8. The molecule has 0 aliphatic carbocycles. The molecule has 0 bridgehead atoms. The Kier molecular flexibility index (Phi) is 4.65. The van der Waals surface area contributed by atoms with E-state index in [9.17, 15) is 0 Å². The standard InChI is InChI=1S/C19H13BrN2S2/c20-15-8-6-13(7-9-15)11-23-18-16-10-17(14-4-2-1-3-5-14)24-19(16)22-12-21-18/h1-10,12H,11H2. The Morgan fingerprint density at radius 2 is 1.75 bits per heavy atom. The van der Waals surface area contributed by atoms with Crippen LogP contribution in [0.2, 0.25) is 0 Å². The van der Waals surface area contributed by atoms with Gasteiger partial charge in [-0.1, -0.05) is 58.4 Å². The Labute approximate surface area is 157 Å². The number of hydrogen-bond donors (Lipinski definition) is 0. The summed E-state index contributed by atoms with van der Waals surface area (Å²) >= 11 is 6.95. The van der Waals surface area contributed by atoms with E-state index >= 15 is 0 Å². The monoisotopic (exact) mass is 412 g/mol. The van der Waals surface area contributed by atoms with E-state index in [4.69, 9.17) is 0 Å². The fraction of sp³-hybridized carbons (Fsp3) is 0.0526. The molecule has 0 radical (unpaired) electrons. The van der Waals surface area contributed by atoms with Crippen LogP contribution in [-0.4, -0.2) is 9.97 Å². The summed E-state index contributed by atoms with van der Waals surface area (Å²) in [6.07, 6.45) is 1.66. The molecule has 0 aliphatic rings. The average Bonchev–Trinajstić information content (AvgIpc) is 3.07. The third-order valence-corrected chi connectivity index (χ3v) is 6.34. The fourth-order valence-electron chi connectivity index (χ4n) is 2.43. The van der Waals surface area contributed by atoms with Crippen LogP contribution in [-0.2, 0) is 5.75 Å². The highest BCUT2D eigenvalue weighted by atomic mass is 79.9. The molecule has 2 heterocycles. The molecule has 2 aromatic carbocycles. The van der Waals surface area contributed by atoms with Gasteiger partial charge in [0.15, 0.2) is 0 Å². The maximum Gasteiger partial charge on any atom is 0.128 e. The highest BCUT2D eigenvalue weighted by Crippen LogP contribution is 2.36. The molecular formula is C19H13BrN2S2. The molecule has 0 saturated heterocycles. The first-order valence-electron chi connectivity index (χ1n) is 7.47. The lowest BCUT2D eigenvalue weighted by molar-refractivity contribution is 1.11. The number of hydrogen-bond acceptors (Lipinski definition) is 4. The summed E-state index contributed by atoms with van der Waals surface area (Å²) in [6.45, 7) is 0. The molecule has 0 unspecified atom stereocenters. The van der Waals surface area contributed by atoms with Gasteiger partial charge in [0, 0.05) is 20.5 Å². The van der Waals surface area contributed by atoms with Crippen molar-refractivity contribution < 1.29 is 0 Å². The van der Waals surface area contributed by atoms with E-state index in [1.807, 2.05) is 6.07 Å². The summed E-state index contributed by atoms with van der Waals surface area (Å²) in [4.78, 5) is 11.2. The Morgan fingerprint density at radius 3 is 2.54 bits per heavy atom. The van der Waals surface area contributed by atoms with Gasteiger partial charge in [0.25, 0.3) is 0 Å². The van der Waals surface area contributed by atoms with Gasteiger partial charge >= 0.3 is 0 Å². The number of thiophene rings is 1. The van der Waals surface area contributed by atoms with Crippen molar-refractivity contribution in [3.05, 3.63) is 77.0 Å². The van der Waals surface area contributed by atoms with Crippen LogP contribution in [0.15, 0.2) is 76.5 Å². The molecule has 5 heteroatoms. The molecular weight excluding hydrogens is 400 g/mol. The third kappa shape index (κ3) is 3.38. The van der Waals surface area contributed by atoms with Crippen molar-refractivity contribution in [2.45, 2.75) is 10.8 Å². The molecule has 0 N–H and O–H groups in total. The Balaban J connectivity index is 1.63. The van der Waals surface area contributed by atoms with Crippen molar-refractivity contribution >= 4 is 49.2 Å². The average molecular weight is 413 g/mol. The van der Waals surface area contributed by atoms with E-state index < -0.39 is 0 Å². The quantitative estimate of drug-likeness (QED) is 0.285. The number of thioether (sulfide) groups is 1. The molecule has 0 fully saturated rings. The van der Waals surface area contributed by atoms with E-state index in [0.29, 0.717) is 0 Å². The van der Waals surface area contributed by atoms with Crippen LogP contribution in [0.4, 0.5) is 0 Å². The lowest BCUT2D eigenvalue weighted by Crippen LogP contribution is -1.85. The number of nitrogens with zero attached hydrogens (tertiary/aromatic N) is 2. The smallest absolute Gasteiger partial charge is 0.128 e. The Bertz CT molecular complexity index is 966. The number of benzene rings is 2. The van der Waals surface area contributed by atoms with E-state index in [1.165, 1.54) is 16.0 Å². The second-order valence-electron chi connectivity index (χ2n) is 5.29. The minimum atomic E-state index is 0.899. The maximum absolute atomic E-state index is 4.50. The molecule has 0 saturated carbocycles. The minimum absolute atomic E-state index is 0.899. The van der Waals surface area contributed by atoms with Crippen LogP contribution in [0, 0.1) is 0 Å². The molecule has 4 aromatic rings. The summed E-state index contributed by atoms with van der Waals surface area (Å²) < 4.78 is 1.10. The number of fused-ring (bicyclic) bond motifs is 1. The summed E-state index contributed by atoms with van der Waals surface area (Å²) in [6, 6.07) is 21.1. The van der Waals surface area contributed by atoms with Gasteiger partial charge < -0.3 is 0 Å². The van der Waals surface area contributed by atoms with Gasteiger partial charge in [-0.3, -0.25) is 0 Å². The summed E-state index contributed by atoms with van der Waals surface area (Å²) in [5.74, 6) is 0.899. The van der Waals surface area contributed by atoms with Crippen molar-refractivity contribution in [3.8, 4) is 10.4 Å². The molecule has 2 nitrogen and oxygen atoms in total. The van der Waals surface area contributed by atoms with Crippen molar-refractivity contribution in [1.82, 2.24) is 9.97 Å². The zero-order valence-electron chi connectivity index (χ0n) is 12.6. The molecule has 0 amide bonds. The fourth-order valence-corrected chi connectivity index (χ4v) is 4.69. The lowest BCUT2D eigenvalue weighted by atomic mass is 10.2. The van der Waals surface area contributed by atoms with Crippen molar-refractivity contribution in [2.75, 3.05) is 0 Å². The van der Waals surface area contributed by atoms with Crippen LogP contribution < -0.4 is 0 Å². The maximum atomic E-state index is 4.50. The highest BCUT2D eigenvalue weighted by molar-refractivity contribution is 9.10. The van der Waals surface area contributed by atoms with E-state index in [1.54, 1.807) is 29.4 Å². The predicted octanol–water partition coefficient (Wildman–Crippen LogP) is 6.41. The van der Waals surface area contributed by atoms with E-state index in [-0.39, 0.29) is 0 Å². The van der Waals surface area contributed by atoms with Gasteiger partial charge in [0.2, 0.25) is 0 Å². The van der Waals surface area contributed by atoms with Gasteiger partial charge in [0.05, 0.1) is 0 Å². The second kappa shape index (κ2) is 7.05. The number of aromatic nitrogens is 2. The largest absolute Gasteiger partial charge is 0.229 e. The molecule has 24 heavy (non-hydrogen) atoms. The van der Waals surface area contributed by atoms with Crippen molar-refractivity contribution in [3.63, 3.8) is 0 Å². The van der Waals surface area contributed by atoms with Crippen LogP contribution in [0.5, 0.6) is 0 Å². The Hall–Kier alpha value is -1.69. The zero-order valence-corrected chi connectivity index (χ0v) is 15.9. The summed E-state index contributed by atoms with van der Waals surface area (Å²) in [7, 11) is 0. The van der Waals surface area contributed by atoms with E-state index in [0.717, 1.165) is 25.5 Å². The normalized spacial score (nSPS) is 11.0. The summed E-state index contributed by atoms with van der Waals surface area (Å²) in [5, 5.41) is 2.19.